The summed E-state index contributed by atoms with van der Waals surface area (Å²) in [5, 5.41) is 3.80. The number of nitrogens with zero attached hydrogens (tertiary/aromatic N) is 1. The molecule has 0 spiro atoms. The standard InChI is InChI=1S/C12H11ClFN3/c13-7-1-2-9(14)8(5-7)11-12-10(3-4-15-11)16-6-17-12/h1-2,5-6,11,15H,3-4H2,(H,16,17)/t11-/m0/s1. The topological polar surface area (TPSA) is 40.7 Å². The first-order chi connectivity index (χ1) is 8.25. The second-order valence-electron chi connectivity index (χ2n) is 4.07. The minimum Gasteiger partial charge on any atom is -0.348 e. The second-order valence-corrected chi connectivity index (χ2v) is 4.51. The van der Waals surface area contributed by atoms with Crippen molar-refractivity contribution in [3.63, 3.8) is 0 Å². The molecule has 0 amide bonds. The van der Waals surface area contributed by atoms with Crippen LogP contribution in [0.5, 0.6) is 0 Å². The van der Waals surface area contributed by atoms with Crippen LogP contribution in [0.25, 0.3) is 0 Å². The average Bonchev–Trinajstić information content (AvgIpc) is 2.80. The van der Waals surface area contributed by atoms with E-state index in [4.69, 9.17) is 11.6 Å². The Morgan fingerprint density at radius 2 is 2.29 bits per heavy atom. The average molecular weight is 252 g/mol. The fraction of sp³-hybridized carbons (Fsp3) is 0.250. The van der Waals surface area contributed by atoms with Crippen molar-refractivity contribution >= 4 is 11.6 Å². The van der Waals surface area contributed by atoms with Gasteiger partial charge in [-0.25, -0.2) is 9.37 Å². The zero-order valence-corrected chi connectivity index (χ0v) is 9.76. The van der Waals surface area contributed by atoms with Gasteiger partial charge in [-0.15, -0.1) is 0 Å². The molecule has 0 fully saturated rings. The Kier molecular flexibility index (Phi) is 2.61. The largest absolute Gasteiger partial charge is 0.348 e. The van der Waals surface area contributed by atoms with Crippen LogP contribution in [0.3, 0.4) is 0 Å². The lowest BCUT2D eigenvalue weighted by Gasteiger charge is -2.23. The lowest BCUT2D eigenvalue weighted by atomic mass is 9.97. The lowest BCUT2D eigenvalue weighted by molar-refractivity contribution is 0.518. The molecule has 3 nitrogen and oxygen atoms in total. The number of aromatic nitrogens is 2. The summed E-state index contributed by atoms with van der Waals surface area (Å²) in [4.78, 5) is 7.34. The number of nitrogens with one attached hydrogen (secondary N) is 2. The SMILES string of the molecule is Fc1ccc(Cl)cc1[C@@H]1NCCc2[nH]cnc21. The summed E-state index contributed by atoms with van der Waals surface area (Å²) in [5.41, 5.74) is 2.47. The monoisotopic (exact) mass is 251 g/mol. The number of fused-ring (bicyclic) bond motifs is 1. The van der Waals surface area contributed by atoms with E-state index in [1.165, 1.54) is 6.07 Å². The number of hydrogen-bond acceptors (Lipinski definition) is 2. The third-order valence-electron chi connectivity index (χ3n) is 3.02. The molecule has 17 heavy (non-hydrogen) atoms. The molecule has 0 bridgehead atoms. The van der Waals surface area contributed by atoms with Gasteiger partial charge in [0.15, 0.2) is 0 Å². The number of H-pyrrole nitrogens is 1. The van der Waals surface area contributed by atoms with E-state index >= 15 is 0 Å². The number of aromatic amines is 1. The molecule has 5 heteroatoms. The molecule has 1 aromatic heterocycles. The van der Waals surface area contributed by atoms with Gasteiger partial charge in [-0.1, -0.05) is 11.6 Å². The van der Waals surface area contributed by atoms with Crippen molar-refractivity contribution in [3.8, 4) is 0 Å². The highest BCUT2D eigenvalue weighted by atomic mass is 35.5. The van der Waals surface area contributed by atoms with Crippen molar-refractivity contribution in [3.05, 3.63) is 52.3 Å². The van der Waals surface area contributed by atoms with Gasteiger partial charge in [0.2, 0.25) is 0 Å². The molecule has 1 aliphatic heterocycles. The van der Waals surface area contributed by atoms with E-state index in [1.54, 1.807) is 18.5 Å². The van der Waals surface area contributed by atoms with Crippen molar-refractivity contribution in [1.82, 2.24) is 15.3 Å². The van der Waals surface area contributed by atoms with Gasteiger partial charge in [0.25, 0.3) is 0 Å². The summed E-state index contributed by atoms with van der Waals surface area (Å²) >= 11 is 5.91. The van der Waals surface area contributed by atoms with Gasteiger partial charge in [-0.05, 0) is 18.2 Å². The molecular formula is C12H11ClFN3. The molecule has 88 valence electrons. The molecule has 2 N–H and O–H groups in total. The Labute approximate surface area is 103 Å². The fourth-order valence-corrected chi connectivity index (χ4v) is 2.39. The van der Waals surface area contributed by atoms with Crippen LogP contribution >= 0.6 is 11.6 Å². The Hall–Kier alpha value is -1.39. The van der Waals surface area contributed by atoms with Crippen molar-refractivity contribution < 1.29 is 4.39 Å². The number of benzene rings is 1. The van der Waals surface area contributed by atoms with Crippen molar-refractivity contribution in [2.24, 2.45) is 0 Å². The maximum Gasteiger partial charge on any atom is 0.128 e. The Bertz CT molecular complexity index is 552. The number of halogens is 2. The van der Waals surface area contributed by atoms with Crippen LogP contribution in [-0.2, 0) is 6.42 Å². The molecule has 3 rings (SSSR count). The van der Waals surface area contributed by atoms with E-state index in [9.17, 15) is 4.39 Å². The summed E-state index contributed by atoms with van der Waals surface area (Å²) in [7, 11) is 0. The van der Waals surface area contributed by atoms with Crippen LogP contribution in [0, 0.1) is 5.82 Å². The van der Waals surface area contributed by atoms with Crippen LogP contribution in [0.4, 0.5) is 4.39 Å². The van der Waals surface area contributed by atoms with Crippen LogP contribution in [0.15, 0.2) is 24.5 Å². The summed E-state index contributed by atoms with van der Waals surface area (Å²) in [6.07, 6.45) is 2.53. The Balaban J connectivity index is 2.09. The highest BCUT2D eigenvalue weighted by Gasteiger charge is 2.25. The van der Waals surface area contributed by atoms with Crippen LogP contribution in [-0.4, -0.2) is 16.5 Å². The Morgan fingerprint density at radius 3 is 3.18 bits per heavy atom. The van der Waals surface area contributed by atoms with E-state index in [1.807, 2.05) is 0 Å². The van der Waals surface area contributed by atoms with E-state index in [-0.39, 0.29) is 11.9 Å². The zero-order chi connectivity index (χ0) is 11.8. The van der Waals surface area contributed by atoms with Gasteiger partial charge in [-0.2, -0.15) is 0 Å². The minimum absolute atomic E-state index is 0.219. The third-order valence-corrected chi connectivity index (χ3v) is 3.25. The fourth-order valence-electron chi connectivity index (χ4n) is 2.21. The van der Waals surface area contributed by atoms with Gasteiger partial charge in [-0.3, -0.25) is 0 Å². The van der Waals surface area contributed by atoms with E-state index in [0.717, 1.165) is 24.4 Å². The molecule has 2 aromatic rings. The summed E-state index contributed by atoms with van der Waals surface area (Å²) in [6, 6.07) is 4.37. The second kappa shape index (κ2) is 4.13. The lowest BCUT2D eigenvalue weighted by Crippen LogP contribution is -2.31. The maximum atomic E-state index is 13.8. The van der Waals surface area contributed by atoms with Gasteiger partial charge in [0, 0.05) is 29.2 Å². The third kappa shape index (κ3) is 1.83. The highest BCUT2D eigenvalue weighted by molar-refractivity contribution is 6.30. The van der Waals surface area contributed by atoms with Crippen molar-refractivity contribution in [2.45, 2.75) is 12.5 Å². The number of rotatable bonds is 1. The van der Waals surface area contributed by atoms with Gasteiger partial charge >= 0.3 is 0 Å². The molecule has 2 heterocycles. The van der Waals surface area contributed by atoms with Crippen LogP contribution in [0.1, 0.15) is 23.0 Å². The minimum atomic E-state index is -0.261. The maximum absolute atomic E-state index is 13.8. The first-order valence-corrected chi connectivity index (χ1v) is 5.84. The molecule has 0 saturated heterocycles. The van der Waals surface area contributed by atoms with Gasteiger partial charge in [0.1, 0.15) is 5.82 Å². The summed E-state index contributed by atoms with van der Waals surface area (Å²) < 4.78 is 13.8. The molecular weight excluding hydrogens is 241 g/mol. The first-order valence-electron chi connectivity index (χ1n) is 5.46. The van der Waals surface area contributed by atoms with Crippen LogP contribution < -0.4 is 5.32 Å². The van der Waals surface area contributed by atoms with Crippen molar-refractivity contribution in [2.75, 3.05) is 6.54 Å². The predicted molar refractivity (Wildman–Crippen MR) is 63.5 cm³/mol. The summed E-state index contributed by atoms with van der Waals surface area (Å²) in [6.45, 7) is 0.797. The van der Waals surface area contributed by atoms with E-state index in [0.29, 0.717) is 10.6 Å². The quantitative estimate of drug-likeness (QED) is 0.817. The first kappa shape index (κ1) is 10.7. The van der Waals surface area contributed by atoms with Crippen molar-refractivity contribution in [1.29, 1.82) is 0 Å². The molecule has 0 aliphatic carbocycles. The highest BCUT2D eigenvalue weighted by Crippen LogP contribution is 2.29. The molecule has 0 radical (unpaired) electrons. The summed E-state index contributed by atoms with van der Waals surface area (Å²) in [5.74, 6) is -0.261. The molecule has 1 aromatic carbocycles. The predicted octanol–water partition coefficient (Wildman–Crippen LogP) is 2.44. The van der Waals surface area contributed by atoms with E-state index in [2.05, 4.69) is 15.3 Å². The van der Waals surface area contributed by atoms with Gasteiger partial charge in [0.05, 0.1) is 18.1 Å². The Morgan fingerprint density at radius 1 is 1.41 bits per heavy atom. The zero-order valence-electron chi connectivity index (χ0n) is 9.00. The molecule has 1 aliphatic rings. The number of imidazole rings is 1. The van der Waals surface area contributed by atoms with Crippen LogP contribution in [0.2, 0.25) is 5.02 Å². The smallest absolute Gasteiger partial charge is 0.128 e. The molecule has 0 saturated carbocycles. The molecule has 0 unspecified atom stereocenters. The van der Waals surface area contributed by atoms with E-state index < -0.39 is 0 Å². The normalized spacial score (nSPS) is 19.1. The van der Waals surface area contributed by atoms with Gasteiger partial charge < -0.3 is 10.3 Å². The number of hydrogen-bond donors (Lipinski definition) is 2. The molecule has 1 atom stereocenters.